The Kier molecular flexibility index (Phi) is 5.38. The number of benzene rings is 1. The topological polar surface area (TPSA) is 69.6 Å². The van der Waals surface area contributed by atoms with Crippen molar-refractivity contribution in [1.29, 1.82) is 0 Å². The molecule has 2 N–H and O–H groups in total. The summed E-state index contributed by atoms with van der Waals surface area (Å²) in [6, 6.07) is 10.7. The van der Waals surface area contributed by atoms with E-state index in [9.17, 15) is 9.59 Å². The molecule has 1 heterocycles. The van der Waals surface area contributed by atoms with Crippen LogP contribution < -0.4 is 5.32 Å². The van der Waals surface area contributed by atoms with Gasteiger partial charge in [0, 0.05) is 19.1 Å². The Morgan fingerprint density at radius 3 is 2.42 bits per heavy atom. The number of hydrogen-bond donors (Lipinski definition) is 2. The molecule has 1 aromatic carbocycles. The van der Waals surface area contributed by atoms with Gasteiger partial charge in [-0.2, -0.15) is 0 Å². The Morgan fingerprint density at radius 1 is 1.04 bits per heavy atom. The molecule has 3 rings (SSSR count). The molecular weight excluding hydrogens is 304 g/mol. The van der Waals surface area contributed by atoms with Crippen molar-refractivity contribution >= 4 is 12.0 Å². The molecule has 1 aliphatic heterocycles. The summed E-state index contributed by atoms with van der Waals surface area (Å²) >= 11 is 0. The van der Waals surface area contributed by atoms with E-state index in [-0.39, 0.29) is 18.0 Å². The molecule has 0 aromatic heterocycles. The van der Waals surface area contributed by atoms with Crippen LogP contribution in [0.15, 0.2) is 30.3 Å². The zero-order chi connectivity index (χ0) is 16.9. The maximum Gasteiger partial charge on any atom is 0.317 e. The molecule has 2 fully saturated rings. The van der Waals surface area contributed by atoms with Gasteiger partial charge >= 0.3 is 12.0 Å². The Morgan fingerprint density at radius 2 is 1.75 bits per heavy atom. The number of rotatable bonds is 3. The minimum atomic E-state index is -0.743. The van der Waals surface area contributed by atoms with E-state index in [2.05, 4.69) is 29.6 Å². The van der Waals surface area contributed by atoms with E-state index >= 15 is 0 Å². The number of piperidine rings is 1. The number of nitrogens with one attached hydrogen (secondary N) is 1. The molecule has 0 bridgehead atoms. The van der Waals surface area contributed by atoms with Crippen molar-refractivity contribution in [2.45, 2.75) is 50.5 Å². The molecule has 1 aliphatic carbocycles. The molecule has 1 aromatic rings. The molecule has 5 nitrogen and oxygen atoms in total. The van der Waals surface area contributed by atoms with Crippen molar-refractivity contribution in [2.75, 3.05) is 13.1 Å². The second-order valence-corrected chi connectivity index (χ2v) is 7.02. The normalized spacial score (nSPS) is 25.2. The Bertz CT molecular complexity index is 567. The number of hydrogen-bond acceptors (Lipinski definition) is 2. The van der Waals surface area contributed by atoms with Gasteiger partial charge in [0.2, 0.25) is 0 Å². The van der Waals surface area contributed by atoms with E-state index in [0.29, 0.717) is 31.8 Å². The van der Waals surface area contributed by atoms with Crippen LogP contribution in [0, 0.1) is 5.92 Å². The smallest absolute Gasteiger partial charge is 0.317 e. The number of carbonyl (C=O) groups excluding carboxylic acids is 1. The van der Waals surface area contributed by atoms with Gasteiger partial charge in [0.05, 0.1) is 5.92 Å². The number of carboxylic acids is 1. The van der Waals surface area contributed by atoms with Crippen molar-refractivity contribution < 1.29 is 14.7 Å². The molecule has 2 aliphatic rings. The van der Waals surface area contributed by atoms with E-state index < -0.39 is 5.97 Å². The maximum atomic E-state index is 12.5. The quantitative estimate of drug-likeness (QED) is 0.894. The standard InChI is InChI=1S/C19H26N2O3/c22-18(23)15-9-11-21(12-10-15)19(24)20-17-8-4-7-16(13-17)14-5-2-1-3-6-14/h1-3,5-6,15-17H,4,7-13H2,(H,20,24)(H,22,23). The van der Waals surface area contributed by atoms with Crippen molar-refractivity contribution in [3.05, 3.63) is 35.9 Å². The van der Waals surface area contributed by atoms with Crippen molar-refractivity contribution in [3.63, 3.8) is 0 Å². The first-order valence-corrected chi connectivity index (χ1v) is 8.96. The number of likely N-dealkylation sites (tertiary alicyclic amines) is 1. The first-order valence-electron chi connectivity index (χ1n) is 8.96. The van der Waals surface area contributed by atoms with Gasteiger partial charge in [-0.25, -0.2) is 4.79 Å². The van der Waals surface area contributed by atoms with Gasteiger partial charge in [0.25, 0.3) is 0 Å². The predicted octanol–water partition coefficient (Wildman–Crippen LogP) is 3.22. The van der Waals surface area contributed by atoms with E-state index in [1.807, 2.05) is 6.07 Å². The van der Waals surface area contributed by atoms with E-state index in [0.717, 1.165) is 19.3 Å². The average Bonchev–Trinajstić information content (AvgIpc) is 2.63. The van der Waals surface area contributed by atoms with Gasteiger partial charge < -0.3 is 15.3 Å². The van der Waals surface area contributed by atoms with Gasteiger partial charge in [-0.15, -0.1) is 0 Å². The summed E-state index contributed by atoms with van der Waals surface area (Å²) in [4.78, 5) is 25.2. The summed E-state index contributed by atoms with van der Waals surface area (Å²) in [5.74, 6) is -0.526. The Labute approximate surface area is 143 Å². The lowest BCUT2D eigenvalue weighted by atomic mass is 9.81. The zero-order valence-electron chi connectivity index (χ0n) is 14.0. The monoisotopic (exact) mass is 330 g/mol. The third-order valence-electron chi connectivity index (χ3n) is 5.40. The summed E-state index contributed by atoms with van der Waals surface area (Å²) in [6.07, 6.45) is 5.44. The van der Waals surface area contributed by atoms with Gasteiger partial charge in [-0.1, -0.05) is 36.8 Å². The van der Waals surface area contributed by atoms with Crippen LogP contribution in [-0.4, -0.2) is 41.1 Å². The third-order valence-corrected chi connectivity index (χ3v) is 5.40. The van der Waals surface area contributed by atoms with Gasteiger partial charge in [0.15, 0.2) is 0 Å². The van der Waals surface area contributed by atoms with Crippen molar-refractivity contribution in [3.8, 4) is 0 Å². The highest BCUT2D eigenvalue weighted by Crippen LogP contribution is 2.32. The number of amides is 2. The molecule has 2 amide bonds. The predicted molar refractivity (Wildman–Crippen MR) is 91.9 cm³/mol. The number of aliphatic carboxylic acids is 1. The Hall–Kier alpha value is -2.04. The van der Waals surface area contributed by atoms with Crippen LogP contribution in [0.4, 0.5) is 4.79 Å². The zero-order valence-corrected chi connectivity index (χ0v) is 14.0. The van der Waals surface area contributed by atoms with Crippen LogP contribution in [0.5, 0.6) is 0 Å². The Balaban J connectivity index is 1.50. The van der Waals surface area contributed by atoms with E-state index in [4.69, 9.17) is 5.11 Å². The maximum absolute atomic E-state index is 12.5. The molecule has 1 saturated carbocycles. The lowest BCUT2D eigenvalue weighted by Gasteiger charge is -2.34. The van der Waals surface area contributed by atoms with Crippen LogP contribution in [0.1, 0.15) is 50.0 Å². The third kappa shape index (κ3) is 4.08. The fourth-order valence-electron chi connectivity index (χ4n) is 3.94. The summed E-state index contributed by atoms with van der Waals surface area (Å²) in [5.41, 5.74) is 1.36. The molecule has 2 unspecified atom stereocenters. The molecule has 130 valence electrons. The molecule has 0 spiro atoms. The van der Waals surface area contributed by atoms with Crippen LogP contribution in [-0.2, 0) is 4.79 Å². The van der Waals surface area contributed by atoms with E-state index in [1.54, 1.807) is 4.90 Å². The van der Waals surface area contributed by atoms with Gasteiger partial charge in [-0.05, 0) is 43.6 Å². The SMILES string of the molecule is O=C(O)C1CCN(C(=O)NC2CCCC(c3ccccc3)C2)CC1. The molecule has 1 saturated heterocycles. The van der Waals surface area contributed by atoms with Crippen LogP contribution in [0.2, 0.25) is 0 Å². The number of urea groups is 1. The second kappa shape index (κ2) is 7.69. The highest BCUT2D eigenvalue weighted by atomic mass is 16.4. The van der Waals surface area contributed by atoms with E-state index in [1.165, 1.54) is 12.0 Å². The summed E-state index contributed by atoms with van der Waals surface area (Å²) in [5, 5.41) is 12.2. The molecular formula is C19H26N2O3. The second-order valence-electron chi connectivity index (χ2n) is 7.02. The minimum Gasteiger partial charge on any atom is -0.481 e. The summed E-state index contributed by atoms with van der Waals surface area (Å²) in [7, 11) is 0. The molecule has 24 heavy (non-hydrogen) atoms. The van der Waals surface area contributed by atoms with Crippen molar-refractivity contribution in [2.24, 2.45) is 5.92 Å². The minimum absolute atomic E-state index is 0.0300. The average molecular weight is 330 g/mol. The first-order chi connectivity index (χ1) is 11.6. The number of carbonyl (C=O) groups is 2. The van der Waals surface area contributed by atoms with Gasteiger partial charge in [0.1, 0.15) is 0 Å². The highest BCUT2D eigenvalue weighted by Gasteiger charge is 2.29. The molecule has 5 heteroatoms. The fourth-order valence-corrected chi connectivity index (χ4v) is 3.94. The summed E-state index contributed by atoms with van der Waals surface area (Å²) < 4.78 is 0. The highest BCUT2D eigenvalue weighted by molar-refractivity contribution is 5.75. The largest absolute Gasteiger partial charge is 0.481 e. The van der Waals surface area contributed by atoms with Gasteiger partial charge in [-0.3, -0.25) is 4.79 Å². The lowest BCUT2D eigenvalue weighted by molar-refractivity contribution is -0.143. The van der Waals surface area contributed by atoms with Crippen molar-refractivity contribution in [1.82, 2.24) is 10.2 Å². The van der Waals surface area contributed by atoms with Crippen LogP contribution >= 0.6 is 0 Å². The molecule has 0 radical (unpaired) electrons. The number of carboxylic acid groups (broad SMARTS) is 1. The summed E-state index contributed by atoms with van der Waals surface area (Å²) in [6.45, 7) is 1.08. The fraction of sp³-hybridized carbons (Fsp3) is 0.579. The van der Waals surface area contributed by atoms with Crippen LogP contribution in [0.3, 0.4) is 0 Å². The molecule has 2 atom stereocenters. The van der Waals surface area contributed by atoms with Crippen LogP contribution in [0.25, 0.3) is 0 Å². The lowest BCUT2D eigenvalue weighted by Crippen LogP contribution is -2.49. The first kappa shape index (κ1) is 16.8. The number of nitrogens with zero attached hydrogens (tertiary/aromatic N) is 1.